The molecular weight excluding hydrogens is 288 g/mol. The highest BCUT2D eigenvalue weighted by Crippen LogP contribution is 2.17. The lowest BCUT2D eigenvalue weighted by Gasteiger charge is -2.31. The molecule has 3 N–H and O–H groups in total. The molecule has 4 nitrogen and oxygen atoms in total. The molecule has 122 valence electrons. The average Bonchev–Trinajstić information content (AvgIpc) is 2.47. The monoisotopic (exact) mass is 316 g/mol. The lowest BCUT2D eigenvalue weighted by molar-refractivity contribution is 0.185. The van der Waals surface area contributed by atoms with Crippen LogP contribution in [-0.2, 0) is 6.42 Å². The summed E-state index contributed by atoms with van der Waals surface area (Å²) in [5.41, 5.74) is 1.40. The maximum atomic E-state index is 5.18. The summed E-state index contributed by atoms with van der Waals surface area (Å²) in [7, 11) is 3.76. The minimum atomic E-state index is 0. The zero-order valence-corrected chi connectivity index (χ0v) is 13.9. The Labute approximate surface area is 134 Å². The molecule has 0 spiro atoms. The fourth-order valence-electron chi connectivity index (χ4n) is 2.78. The van der Waals surface area contributed by atoms with Gasteiger partial charge in [-0.15, -0.1) is 12.4 Å². The minimum absolute atomic E-state index is 0. The topological polar surface area (TPSA) is 56.0 Å². The average molecular weight is 317 g/mol. The molecule has 1 aliphatic rings. The summed E-state index contributed by atoms with van der Waals surface area (Å²) in [5, 5.41) is 3.29. The van der Waals surface area contributed by atoms with Gasteiger partial charge in [0.1, 0.15) is 5.75 Å². The zero-order chi connectivity index (χ0) is 13.5. The normalized spacial score (nSPS) is 15.9. The third-order valence-electron chi connectivity index (χ3n) is 4.08. The highest BCUT2D eigenvalue weighted by Gasteiger charge is 2.17. The van der Waals surface area contributed by atoms with Crippen molar-refractivity contribution >= 4 is 12.4 Å². The smallest absolute Gasteiger partial charge is 0.118 e. The van der Waals surface area contributed by atoms with Crippen LogP contribution in [0.25, 0.3) is 0 Å². The fraction of sp³-hybridized carbons (Fsp3) is 0.625. The van der Waals surface area contributed by atoms with E-state index in [0.717, 1.165) is 18.1 Å². The quantitative estimate of drug-likeness (QED) is 0.870. The lowest BCUT2D eigenvalue weighted by atomic mass is 9.96. The second-order valence-corrected chi connectivity index (χ2v) is 5.44. The van der Waals surface area contributed by atoms with Gasteiger partial charge in [-0.05, 0) is 69.6 Å². The number of nitrogens with zero attached hydrogens (tertiary/aromatic N) is 1. The molecule has 1 aromatic carbocycles. The van der Waals surface area contributed by atoms with Crippen molar-refractivity contribution < 1.29 is 10.2 Å². The lowest BCUT2D eigenvalue weighted by Crippen LogP contribution is -2.37. The molecule has 1 saturated heterocycles. The molecule has 5 heteroatoms. The summed E-state index contributed by atoms with van der Waals surface area (Å²) in [5.74, 6) is 1.82. The maximum absolute atomic E-state index is 5.18. The van der Waals surface area contributed by atoms with Crippen molar-refractivity contribution in [2.45, 2.75) is 19.3 Å². The van der Waals surface area contributed by atoms with Gasteiger partial charge >= 0.3 is 0 Å². The molecule has 0 aliphatic carbocycles. The number of hydrogen-bond acceptors (Lipinski definition) is 3. The molecule has 0 unspecified atom stereocenters. The van der Waals surface area contributed by atoms with Crippen LogP contribution in [0, 0.1) is 5.92 Å². The van der Waals surface area contributed by atoms with Gasteiger partial charge in [-0.1, -0.05) is 12.1 Å². The number of methoxy groups -OCH3 is 1. The van der Waals surface area contributed by atoms with Crippen LogP contribution in [-0.4, -0.2) is 50.7 Å². The summed E-state index contributed by atoms with van der Waals surface area (Å²) < 4.78 is 5.18. The number of hydrogen-bond donors (Lipinski definition) is 1. The van der Waals surface area contributed by atoms with Gasteiger partial charge < -0.3 is 20.4 Å². The van der Waals surface area contributed by atoms with Gasteiger partial charge in [-0.2, -0.15) is 0 Å². The first-order valence-electron chi connectivity index (χ1n) is 7.31. The fourth-order valence-corrected chi connectivity index (χ4v) is 2.78. The number of ether oxygens (including phenoxy) is 1. The van der Waals surface area contributed by atoms with E-state index in [4.69, 9.17) is 4.74 Å². The molecule has 1 fully saturated rings. The summed E-state index contributed by atoms with van der Waals surface area (Å²) in [4.78, 5) is 2.59. The first-order chi connectivity index (χ1) is 9.31. The van der Waals surface area contributed by atoms with Crippen molar-refractivity contribution in [3.63, 3.8) is 0 Å². The van der Waals surface area contributed by atoms with Crippen molar-refractivity contribution in [1.82, 2.24) is 10.2 Å². The number of rotatable bonds is 6. The summed E-state index contributed by atoms with van der Waals surface area (Å²) in [6.07, 6.45) is 3.81. The third-order valence-corrected chi connectivity index (χ3v) is 4.08. The van der Waals surface area contributed by atoms with E-state index >= 15 is 0 Å². The van der Waals surface area contributed by atoms with Gasteiger partial charge in [0.25, 0.3) is 0 Å². The third kappa shape index (κ3) is 6.66. The molecule has 1 aromatic rings. The van der Waals surface area contributed by atoms with E-state index < -0.39 is 0 Å². The van der Waals surface area contributed by atoms with E-state index in [0.29, 0.717) is 0 Å². The van der Waals surface area contributed by atoms with Crippen molar-refractivity contribution in [1.29, 1.82) is 0 Å². The molecule has 0 bridgehead atoms. The van der Waals surface area contributed by atoms with E-state index in [9.17, 15) is 0 Å². The minimum Gasteiger partial charge on any atom is -0.497 e. The molecule has 21 heavy (non-hydrogen) atoms. The number of nitrogens with one attached hydrogen (secondary N) is 1. The largest absolute Gasteiger partial charge is 0.497 e. The first-order valence-corrected chi connectivity index (χ1v) is 7.31. The van der Waals surface area contributed by atoms with Gasteiger partial charge in [0, 0.05) is 6.54 Å². The number of halogens is 1. The van der Waals surface area contributed by atoms with Crippen LogP contribution in [0.2, 0.25) is 0 Å². The van der Waals surface area contributed by atoms with E-state index in [2.05, 4.69) is 41.5 Å². The van der Waals surface area contributed by atoms with Crippen molar-refractivity contribution in [2.24, 2.45) is 5.92 Å². The van der Waals surface area contributed by atoms with Gasteiger partial charge in [-0.25, -0.2) is 0 Å². The van der Waals surface area contributed by atoms with Gasteiger partial charge in [0.2, 0.25) is 0 Å². The molecule has 1 heterocycles. The Hall–Kier alpha value is -0.810. The van der Waals surface area contributed by atoms with E-state index in [-0.39, 0.29) is 17.9 Å². The Bertz CT molecular complexity index is 365. The Morgan fingerprint density at radius 2 is 1.81 bits per heavy atom. The molecule has 1 aliphatic heterocycles. The Morgan fingerprint density at radius 3 is 2.33 bits per heavy atom. The zero-order valence-electron chi connectivity index (χ0n) is 13.1. The van der Waals surface area contributed by atoms with Crippen LogP contribution in [0.15, 0.2) is 24.3 Å². The predicted molar refractivity (Wildman–Crippen MR) is 90.7 cm³/mol. The highest BCUT2D eigenvalue weighted by molar-refractivity contribution is 5.85. The second kappa shape index (κ2) is 10.9. The molecule has 0 amide bonds. The van der Waals surface area contributed by atoms with Crippen LogP contribution in [0.4, 0.5) is 0 Å². The van der Waals surface area contributed by atoms with Crippen LogP contribution in [0.5, 0.6) is 5.75 Å². The summed E-state index contributed by atoms with van der Waals surface area (Å²) in [6, 6.07) is 8.45. The molecule has 0 atom stereocenters. The predicted octanol–water partition coefficient (Wildman–Crippen LogP) is 1.77. The molecule has 0 aromatic heterocycles. The van der Waals surface area contributed by atoms with Crippen LogP contribution in [0.1, 0.15) is 18.4 Å². The molecule has 0 saturated carbocycles. The number of likely N-dealkylation sites (tertiary alicyclic amines) is 1. The van der Waals surface area contributed by atoms with E-state index in [1.807, 2.05) is 0 Å². The first kappa shape index (κ1) is 20.2. The highest BCUT2D eigenvalue weighted by atomic mass is 35.5. The van der Waals surface area contributed by atoms with Gasteiger partial charge in [0.05, 0.1) is 7.11 Å². The van der Waals surface area contributed by atoms with E-state index in [1.54, 1.807) is 7.11 Å². The SMILES string of the molecule is CNCC1CCN(CCc2ccc(OC)cc2)CC1.Cl.O. The van der Waals surface area contributed by atoms with Crippen LogP contribution in [0.3, 0.4) is 0 Å². The van der Waals surface area contributed by atoms with Crippen LogP contribution < -0.4 is 10.1 Å². The summed E-state index contributed by atoms with van der Waals surface area (Å²) in [6.45, 7) is 4.86. The molecule has 0 radical (unpaired) electrons. The maximum Gasteiger partial charge on any atom is 0.118 e. The van der Waals surface area contributed by atoms with E-state index in [1.165, 1.54) is 44.6 Å². The van der Waals surface area contributed by atoms with Gasteiger partial charge in [-0.3, -0.25) is 0 Å². The standard InChI is InChI=1S/C16H26N2O.ClH.H2O/c1-17-13-15-8-11-18(12-9-15)10-7-14-3-5-16(19-2)6-4-14;;/h3-6,15,17H,7-13H2,1-2H3;1H;1H2. The molecule has 2 rings (SSSR count). The van der Waals surface area contributed by atoms with Crippen molar-refractivity contribution in [3.8, 4) is 5.75 Å². The Kier molecular flexibility index (Phi) is 10.4. The van der Waals surface area contributed by atoms with Crippen LogP contribution >= 0.6 is 12.4 Å². The molecular formula is C16H29ClN2O2. The van der Waals surface area contributed by atoms with Crippen molar-refractivity contribution in [2.75, 3.05) is 40.3 Å². The Morgan fingerprint density at radius 1 is 1.19 bits per heavy atom. The second-order valence-electron chi connectivity index (χ2n) is 5.44. The number of benzene rings is 1. The number of piperidine rings is 1. The Balaban J connectivity index is 0.00000200. The van der Waals surface area contributed by atoms with Crippen molar-refractivity contribution in [3.05, 3.63) is 29.8 Å². The van der Waals surface area contributed by atoms with Gasteiger partial charge in [0.15, 0.2) is 0 Å². The summed E-state index contributed by atoms with van der Waals surface area (Å²) >= 11 is 0.